The fourth-order valence-corrected chi connectivity index (χ4v) is 1.25. The lowest BCUT2D eigenvalue weighted by molar-refractivity contribution is 0.559. The van der Waals surface area contributed by atoms with Crippen molar-refractivity contribution in [3.05, 3.63) is 46.3 Å². The van der Waals surface area contributed by atoms with Gasteiger partial charge in [-0.15, -0.1) is 0 Å². The molecular formula is C10H8N2O2. The first-order valence-corrected chi connectivity index (χ1v) is 4.06. The molecule has 0 atom stereocenters. The standard InChI is InChI=1S/C10H8N2O2/c11-9(12)7-5-6-3-1-2-4-8(6)14-10(7)13/h1-5H,(H3,11,12). The van der Waals surface area contributed by atoms with Crippen LogP contribution in [-0.2, 0) is 0 Å². The van der Waals surface area contributed by atoms with Gasteiger partial charge in [-0.3, -0.25) is 5.41 Å². The Morgan fingerprint density at radius 2 is 2.07 bits per heavy atom. The van der Waals surface area contributed by atoms with Crippen LogP contribution in [0.25, 0.3) is 11.0 Å². The Labute approximate surface area is 79.5 Å². The smallest absolute Gasteiger partial charge is 0.347 e. The zero-order valence-corrected chi connectivity index (χ0v) is 7.28. The lowest BCUT2D eigenvalue weighted by Crippen LogP contribution is -2.20. The zero-order chi connectivity index (χ0) is 10.1. The van der Waals surface area contributed by atoms with Crippen LogP contribution in [0.15, 0.2) is 39.5 Å². The highest BCUT2D eigenvalue weighted by molar-refractivity contribution is 5.97. The minimum absolute atomic E-state index is 0.101. The molecule has 1 aromatic heterocycles. The Morgan fingerprint density at radius 3 is 2.79 bits per heavy atom. The molecule has 0 unspecified atom stereocenters. The van der Waals surface area contributed by atoms with E-state index < -0.39 is 5.63 Å². The summed E-state index contributed by atoms with van der Waals surface area (Å²) < 4.78 is 4.98. The second-order valence-corrected chi connectivity index (χ2v) is 2.90. The topological polar surface area (TPSA) is 80.1 Å². The van der Waals surface area contributed by atoms with Crippen molar-refractivity contribution in [2.24, 2.45) is 5.73 Å². The molecule has 0 aliphatic rings. The van der Waals surface area contributed by atoms with Crippen LogP contribution in [0, 0.1) is 5.41 Å². The van der Waals surface area contributed by atoms with E-state index in [2.05, 4.69) is 0 Å². The van der Waals surface area contributed by atoms with Crippen LogP contribution >= 0.6 is 0 Å². The lowest BCUT2D eigenvalue weighted by Gasteiger charge is -1.98. The van der Waals surface area contributed by atoms with Gasteiger partial charge in [-0.2, -0.15) is 0 Å². The predicted molar refractivity (Wildman–Crippen MR) is 53.5 cm³/mol. The van der Waals surface area contributed by atoms with Crippen LogP contribution in [0.2, 0.25) is 0 Å². The van der Waals surface area contributed by atoms with Gasteiger partial charge in [-0.1, -0.05) is 18.2 Å². The van der Waals surface area contributed by atoms with Crippen LogP contribution in [0.4, 0.5) is 0 Å². The van der Waals surface area contributed by atoms with E-state index in [0.717, 1.165) is 5.39 Å². The molecule has 0 saturated carbocycles. The third-order valence-electron chi connectivity index (χ3n) is 1.93. The summed E-state index contributed by atoms with van der Waals surface area (Å²) in [6.07, 6.45) is 0. The number of nitrogen functional groups attached to an aromatic ring is 1. The van der Waals surface area contributed by atoms with Crippen molar-refractivity contribution in [2.45, 2.75) is 0 Å². The van der Waals surface area contributed by atoms with Gasteiger partial charge in [0.2, 0.25) is 0 Å². The maximum absolute atomic E-state index is 11.3. The first-order valence-electron chi connectivity index (χ1n) is 4.06. The van der Waals surface area contributed by atoms with E-state index in [9.17, 15) is 4.79 Å². The van der Waals surface area contributed by atoms with Gasteiger partial charge in [0, 0.05) is 5.39 Å². The second kappa shape index (κ2) is 2.99. The Kier molecular flexibility index (Phi) is 1.81. The van der Waals surface area contributed by atoms with Crippen molar-refractivity contribution in [2.75, 3.05) is 0 Å². The van der Waals surface area contributed by atoms with E-state index in [-0.39, 0.29) is 11.4 Å². The van der Waals surface area contributed by atoms with Crippen LogP contribution in [0.5, 0.6) is 0 Å². The van der Waals surface area contributed by atoms with E-state index in [1.54, 1.807) is 24.3 Å². The number of fused-ring (bicyclic) bond motifs is 1. The summed E-state index contributed by atoms with van der Waals surface area (Å²) in [4.78, 5) is 11.3. The summed E-state index contributed by atoms with van der Waals surface area (Å²) >= 11 is 0. The lowest BCUT2D eigenvalue weighted by atomic mass is 10.2. The number of rotatable bonds is 1. The highest BCUT2D eigenvalue weighted by Crippen LogP contribution is 2.11. The van der Waals surface area contributed by atoms with Crippen molar-refractivity contribution in [1.29, 1.82) is 5.41 Å². The first kappa shape index (κ1) is 8.50. The van der Waals surface area contributed by atoms with Gasteiger partial charge >= 0.3 is 5.63 Å². The molecule has 2 aromatic rings. The molecule has 0 fully saturated rings. The molecule has 2 rings (SSSR count). The van der Waals surface area contributed by atoms with Crippen molar-refractivity contribution in [3.8, 4) is 0 Å². The molecule has 0 saturated heterocycles. The summed E-state index contributed by atoms with van der Waals surface area (Å²) in [5.41, 5.74) is 5.26. The number of nitrogens with two attached hydrogens (primary N) is 1. The van der Waals surface area contributed by atoms with E-state index >= 15 is 0 Å². The molecule has 70 valence electrons. The van der Waals surface area contributed by atoms with Crippen LogP contribution in [-0.4, -0.2) is 5.84 Å². The maximum atomic E-state index is 11.3. The average molecular weight is 188 g/mol. The Morgan fingerprint density at radius 1 is 1.36 bits per heavy atom. The van der Waals surface area contributed by atoms with E-state index in [1.807, 2.05) is 6.07 Å². The zero-order valence-electron chi connectivity index (χ0n) is 7.28. The Bertz CT molecular complexity index is 557. The number of para-hydroxylation sites is 1. The minimum Gasteiger partial charge on any atom is -0.422 e. The highest BCUT2D eigenvalue weighted by Gasteiger charge is 2.06. The highest BCUT2D eigenvalue weighted by atomic mass is 16.4. The fraction of sp³-hybridized carbons (Fsp3) is 0. The molecule has 14 heavy (non-hydrogen) atoms. The predicted octanol–water partition coefficient (Wildman–Crippen LogP) is 1.08. The normalized spacial score (nSPS) is 10.3. The van der Waals surface area contributed by atoms with Gasteiger partial charge in [-0.05, 0) is 12.1 Å². The third kappa shape index (κ3) is 1.26. The molecule has 1 aromatic carbocycles. The SMILES string of the molecule is N=C(N)c1cc2ccccc2oc1=O. The molecule has 1 heterocycles. The third-order valence-corrected chi connectivity index (χ3v) is 1.93. The van der Waals surface area contributed by atoms with E-state index in [4.69, 9.17) is 15.6 Å². The van der Waals surface area contributed by atoms with Crippen LogP contribution in [0.1, 0.15) is 5.56 Å². The van der Waals surface area contributed by atoms with Crippen molar-refractivity contribution < 1.29 is 4.42 Å². The summed E-state index contributed by atoms with van der Waals surface area (Å²) in [5.74, 6) is -0.274. The molecule has 0 bridgehead atoms. The van der Waals surface area contributed by atoms with Gasteiger partial charge in [-0.25, -0.2) is 4.79 Å². The van der Waals surface area contributed by atoms with Crippen LogP contribution < -0.4 is 11.4 Å². The van der Waals surface area contributed by atoms with Gasteiger partial charge in [0.15, 0.2) is 0 Å². The quantitative estimate of drug-likeness (QED) is 0.399. The minimum atomic E-state index is -0.573. The second-order valence-electron chi connectivity index (χ2n) is 2.90. The summed E-state index contributed by atoms with van der Waals surface area (Å²) in [5, 5.41) is 7.93. The van der Waals surface area contributed by atoms with Crippen LogP contribution in [0.3, 0.4) is 0 Å². The molecule has 0 radical (unpaired) electrons. The monoisotopic (exact) mass is 188 g/mol. The van der Waals surface area contributed by atoms with Gasteiger partial charge < -0.3 is 10.2 Å². The molecule has 3 N–H and O–H groups in total. The van der Waals surface area contributed by atoms with Gasteiger partial charge in [0.1, 0.15) is 17.0 Å². The first-order chi connectivity index (χ1) is 6.68. The number of amidine groups is 1. The van der Waals surface area contributed by atoms with Crippen molar-refractivity contribution in [3.63, 3.8) is 0 Å². The largest absolute Gasteiger partial charge is 0.422 e. The molecular weight excluding hydrogens is 180 g/mol. The molecule has 0 spiro atoms. The summed E-state index contributed by atoms with van der Waals surface area (Å²) in [6, 6.07) is 8.65. The molecule has 0 aliphatic carbocycles. The summed E-state index contributed by atoms with van der Waals surface area (Å²) in [7, 11) is 0. The Balaban J connectivity index is 2.84. The number of nitrogens with one attached hydrogen (secondary N) is 1. The van der Waals surface area contributed by atoms with Crippen molar-refractivity contribution >= 4 is 16.8 Å². The van der Waals surface area contributed by atoms with E-state index in [1.165, 1.54) is 0 Å². The van der Waals surface area contributed by atoms with Gasteiger partial charge in [0.25, 0.3) is 0 Å². The molecule has 4 heteroatoms. The number of hydrogen-bond acceptors (Lipinski definition) is 3. The number of hydrogen-bond donors (Lipinski definition) is 2. The van der Waals surface area contributed by atoms with E-state index in [0.29, 0.717) is 5.58 Å². The van der Waals surface area contributed by atoms with Gasteiger partial charge in [0.05, 0.1) is 0 Å². The molecule has 0 amide bonds. The fourth-order valence-electron chi connectivity index (χ4n) is 1.25. The number of benzene rings is 1. The molecule has 0 aliphatic heterocycles. The van der Waals surface area contributed by atoms with Crippen molar-refractivity contribution in [1.82, 2.24) is 0 Å². The maximum Gasteiger partial charge on any atom is 0.347 e. The molecule has 4 nitrogen and oxygen atoms in total. The average Bonchev–Trinajstić information content (AvgIpc) is 2.16. The Hall–Kier alpha value is -2.10. The summed E-state index contributed by atoms with van der Waals surface area (Å²) in [6.45, 7) is 0.